The van der Waals surface area contributed by atoms with Gasteiger partial charge in [-0.1, -0.05) is 33.6 Å². The minimum atomic E-state index is 0.513. The quantitative estimate of drug-likeness (QED) is 0.727. The highest BCUT2D eigenvalue weighted by molar-refractivity contribution is 5.41. The van der Waals surface area contributed by atoms with Gasteiger partial charge in [0.25, 0.3) is 0 Å². The van der Waals surface area contributed by atoms with Crippen molar-refractivity contribution in [3.63, 3.8) is 0 Å². The fourth-order valence-electron chi connectivity index (χ4n) is 2.05. The molecule has 1 N–H and O–H groups in total. The van der Waals surface area contributed by atoms with Crippen LogP contribution in [-0.2, 0) is 6.54 Å². The Morgan fingerprint density at radius 2 is 2.00 bits per heavy atom. The molecule has 108 valence electrons. The third kappa shape index (κ3) is 6.06. The molecule has 1 aromatic rings. The van der Waals surface area contributed by atoms with Crippen molar-refractivity contribution in [1.29, 1.82) is 0 Å². The molecule has 0 bridgehead atoms. The molecule has 0 fully saturated rings. The fourth-order valence-corrected chi connectivity index (χ4v) is 2.05. The Labute approximate surface area is 118 Å². The second kappa shape index (κ2) is 8.16. The molecule has 0 spiro atoms. The summed E-state index contributed by atoms with van der Waals surface area (Å²) in [5, 5.41) is 3.46. The lowest BCUT2D eigenvalue weighted by Gasteiger charge is -2.20. The number of pyridine rings is 1. The van der Waals surface area contributed by atoms with Crippen molar-refractivity contribution in [2.75, 3.05) is 18.5 Å². The van der Waals surface area contributed by atoms with Crippen molar-refractivity contribution < 1.29 is 0 Å². The Bertz CT molecular complexity index is 374. The fraction of sp³-hybridized carbons (Fsp3) is 0.688. The van der Waals surface area contributed by atoms with Crippen LogP contribution < -0.4 is 10.2 Å². The van der Waals surface area contributed by atoms with E-state index in [4.69, 9.17) is 0 Å². The molecule has 1 aromatic heterocycles. The standard InChI is InChI=1S/C16H29N3/c1-6-7-8-9-19(5)16-11-15(10-14(4)18-16)12-17-13(2)3/h10-11,13,17H,6-9,12H2,1-5H3. The van der Waals surface area contributed by atoms with Gasteiger partial charge in [0.1, 0.15) is 5.82 Å². The van der Waals surface area contributed by atoms with Crippen LogP contribution in [0.15, 0.2) is 12.1 Å². The number of anilines is 1. The molecule has 0 radical (unpaired) electrons. The van der Waals surface area contributed by atoms with Crippen molar-refractivity contribution >= 4 is 5.82 Å². The van der Waals surface area contributed by atoms with Gasteiger partial charge >= 0.3 is 0 Å². The van der Waals surface area contributed by atoms with Crippen LogP contribution in [0.25, 0.3) is 0 Å². The lowest BCUT2D eigenvalue weighted by Crippen LogP contribution is -2.23. The first-order valence-electron chi connectivity index (χ1n) is 7.45. The molecule has 0 amide bonds. The first-order chi connectivity index (χ1) is 9.02. The molecular formula is C16H29N3. The molecular weight excluding hydrogens is 234 g/mol. The Hall–Kier alpha value is -1.09. The molecule has 3 heteroatoms. The van der Waals surface area contributed by atoms with Crippen LogP contribution in [0.1, 0.15) is 51.3 Å². The third-order valence-electron chi connectivity index (χ3n) is 3.20. The molecule has 0 saturated carbocycles. The summed E-state index contributed by atoms with van der Waals surface area (Å²) in [6.45, 7) is 10.7. The number of aryl methyl sites for hydroxylation is 1. The molecule has 3 nitrogen and oxygen atoms in total. The van der Waals surface area contributed by atoms with Gasteiger partial charge in [0.05, 0.1) is 0 Å². The maximum atomic E-state index is 4.64. The number of unbranched alkanes of at least 4 members (excludes halogenated alkanes) is 2. The molecule has 0 unspecified atom stereocenters. The zero-order valence-corrected chi connectivity index (χ0v) is 13.2. The van der Waals surface area contributed by atoms with E-state index in [-0.39, 0.29) is 0 Å². The average Bonchev–Trinajstić information content (AvgIpc) is 2.36. The van der Waals surface area contributed by atoms with E-state index < -0.39 is 0 Å². The lowest BCUT2D eigenvalue weighted by molar-refractivity contribution is 0.588. The Kier molecular flexibility index (Phi) is 6.85. The van der Waals surface area contributed by atoms with E-state index >= 15 is 0 Å². The number of hydrogen-bond donors (Lipinski definition) is 1. The first-order valence-corrected chi connectivity index (χ1v) is 7.45. The minimum Gasteiger partial charge on any atom is -0.360 e. The smallest absolute Gasteiger partial charge is 0.128 e. The van der Waals surface area contributed by atoms with Crippen molar-refractivity contribution in [3.8, 4) is 0 Å². The van der Waals surface area contributed by atoms with E-state index in [1.165, 1.54) is 24.8 Å². The minimum absolute atomic E-state index is 0.513. The van der Waals surface area contributed by atoms with Gasteiger partial charge in [-0.3, -0.25) is 0 Å². The largest absolute Gasteiger partial charge is 0.360 e. The van der Waals surface area contributed by atoms with Crippen molar-refractivity contribution in [2.45, 2.75) is 59.5 Å². The van der Waals surface area contributed by atoms with Crippen molar-refractivity contribution in [1.82, 2.24) is 10.3 Å². The van der Waals surface area contributed by atoms with Gasteiger partial charge in [-0.05, 0) is 31.0 Å². The van der Waals surface area contributed by atoms with Gasteiger partial charge in [-0.15, -0.1) is 0 Å². The molecule has 1 rings (SSSR count). The summed E-state index contributed by atoms with van der Waals surface area (Å²) in [6.07, 6.45) is 3.79. The van der Waals surface area contributed by atoms with E-state index in [1.807, 2.05) is 0 Å². The van der Waals surface area contributed by atoms with Crippen molar-refractivity contribution in [2.24, 2.45) is 0 Å². The summed E-state index contributed by atoms with van der Waals surface area (Å²) >= 11 is 0. The van der Waals surface area contributed by atoms with Gasteiger partial charge in [0.2, 0.25) is 0 Å². The Morgan fingerprint density at radius 3 is 2.63 bits per heavy atom. The van der Waals surface area contributed by atoms with E-state index in [2.05, 4.69) is 62.1 Å². The number of nitrogens with one attached hydrogen (secondary N) is 1. The van der Waals surface area contributed by atoms with Gasteiger partial charge < -0.3 is 10.2 Å². The SMILES string of the molecule is CCCCCN(C)c1cc(CNC(C)C)cc(C)n1. The Balaban J connectivity index is 2.66. The second-order valence-corrected chi connectivity index (χ2v) is 5.64. The molecule has 19 heavy (non-hydrogen) atoms. The van der Waals surface area contributed by atoms with Gasteiger partial charge in [-0.2, -0.15) is 0 Å². The summed E-state index contributed by atoms with van der Waals surface area (Å²) in [4.78, 5) is 6.90. The molecule has 0 aliphatic heterocycles. The molecule has 0 aliphatic carbocycles. The van der Waals surface area contributed by atoms with Gasteiger partial charge in [0, 0.05) is 31.9 Å². The zero-order chi connectivity index (χ0) is 14.3. The summed E-state index contributed by atoms with van der Waals surface area (Å²) in [5.41, 5.74) is 2.42. The van der Waals surface area contributed by atoms with Crippen molar-refractivity contribution in [3.05, 3.63) is 23.4 Å². The molecule has 1 heterocycles. The second-order valence-electron chi connectivity index (χ2n) is 5.64. The highest BCUT2D eigenvalue weighted by Crippen LogP contribution is 2.14. The van der Waals surface area contributed by atoms with Crippen LogP contribution in [0.5, 0.6) is 0 Å². The summed E-state index contributed by atoms with van der Waals surface area (Å²) in [6, 6.07) is 4.88. The molecule has 0 atom stereocenters. The maximum absolute atomic E-state index is 4.64. The third-order valence-corrected chi connectivity index (χ3v) is 3.20. The van der Waals surface area contributed by atoms with Crippen LogP contribution in [0.2, 0.25) is 0 Å². The van der Waals surface area contributed by atoms with E-state index in [0.29, 0.717) is 6.04 Å². The summed E-state index contributed by atoms with van der Waals surface area (Å²) in [5.74, 6) is 1.09. The van der Waals surface area contributed by atoms with E-state index in [9.17, 15) is 0 Å². The molecule has 0 aromatic carbocycles. The topological polar surface area (TPSA) is 28.2 Å². The van der Waals surface area contributed by atoms with Gasteiger partial charge in [-0.25, -0.2) is 4.98 Å². The lowest BCUT2D eigenvalue weighted by atomic mass is 10.2. The average molecular weight is 263 g/mol. The summed E-state index contributed by atoms with van der Waals surface area (Å²) in [7, 11) is 2.14. The summed E-state index contributed by atoms with van der Waals surface area (Å²) < 4.78 is 0. The van der Waals surface area contributed by atoms with Crippen LogP contribution in [0.3, 0.4) is 0 Å². The highest BCUT2D eigenvalue weighted by atomic mass is 15.2. The number of aromatic nitrogens is 1. The van der Waals surface area contributed by atoms with Crippen LogP contribution >= 0.6 is 0 Å². The Morgan fingerprint density at radius 1 is 1.26 bits per heavy atom. The van der Waals surface area contributed by atoms with Crippen LogP contribution in [-0.4, -0.2) is 24.6 Å². The number of rotatable bonds is 8. The number of nitrogens with zero attached hydrogens (tertiary/aromatic N) is 2. The first kappa shape index (κ1) is 16.0. The molecule has 0 saturated heterocycles. The van der Waals surface area contributed by atoms with E-state index in [1.54, 1.807) is 0 Å². The van der Waals surface area contributed by atoms with Crippen LogP contribution in [0.4, 0.5) is 5.82 Å². The predicted molar refractivity (Wildman–Crippen MR) is 83.7 cm³/mol. The highest BCUT2D eigenvalue weighted by Gasteiger charge is 2.05. The monoisotopic (exact) mass is 263 g/mol. The van der Waals surface area contributed by atoms with Crippen LogP contribution in [0, 0.1) is 6.92 Å². The predicted octanol–water partition coefficient (Wildman–Crippen LogP) is 3.51. The van der Waals surface area contributed by atoms with Gasteiger partial charge in [0.15, 0.2) is 0 Å². The molecule has 0 aliphatic rings. The zero-order valence-electron chi connectivity index (χ0n) is 13.2. The number of hydrogen-bond acceptors (Lipinski definition) is 3. The van der Waals surface area contributed by atoms with E-state index in [0.717, 1.165) is 24.6 Å². The normalized spacial score (nSPS) is 11.1. The maximum Gasteiger partial charge on any atom is 0.128 e.